The molecular formula is C40H29N3SSi. The van der Waals surface area contributed by atoms with Gasteiger partial charge in [-0.05, 0) is 72.8 Å². The molecule has 9 rings (SSSR count). The number of rotatable bonds is 3. The number of aromatic nitrogens is 2. The van der Waals surface area contributed by atoms with Gasteiger partial charge >= 0.3 is 0 Å². The third-order valence-corrected chi connectivity index (χ3v) is 12.5. The van der Waals surface area contributed by atoms with E-state index in [-0.39, 0.29) is 0 Å². The van der Waals surface area contributed by atoms with E-state index in [4.69, 9.17) is 0 Å². The van der Waals surface area contributed by atoms with Crippen LogP contribution in [0.25, 0.3) is 75.2 Å². The topological polar surface area (TPSA) is 33.6 Å². The summed E-state index contributed by atoms with van der Waals surface area (Å²) in [7, 11) is -1.46. The van der Waals surface area contributed by atoms with Gasteiger partial charge in [0.15, 0.2) is 0 Å². The van der Waals surface area contributed by atoms with Gasteiger partial charge in [-0.1, -0.05) is 73.4 Å². The van der Waals surface area contributed by atoms with E-state index in [0.29, 0.717) is 5.56 Å². The van der Waals surface area contributed by atoms with Crippen molar-refractivity contribution in [1.29, 1.82) is 5.26 Å². The third-order valence-electron chi connectivity index (χ3n) is 9.29. The molecule has 0 N–H and O–H groups in total. The number of benzene rings is 6. The van der Waals surface area contributed by atoms with Crippen LogP contribution in [0.5, 0.6) is 0 Å². The summed E-state index contributed by atoms with van der Waals surface area (Å²) in [6.07, 6.45) is 0. The minimum atomic E-state index is -1.46. The van der Waals surface area contributed by atoms with E-state index in [2.05, 4.69) is 144 Å². The molecular weight excluding hydrogens is 583 g/mol. The Labute approximate surface area is 265 Å². The molecule has 0 amide bonds. The Hall–Kier alpha value is -5.15. The van der Waals surface area contributed by atoms with Crippen LogP contribution in [-0.4, -0.2) is 17.2 Å². The first-order chi connectivity index (χ1) is 21.9. The summed E-state index contributed by atoms with van der Waals surface area (Å²) >= 11 is 1.85. The van der Waals surface area contributed by atoms with E-state index in [1.54, 1.807) is 0 Å². The number of para-hydroxylation sites is 2. The van der Waals surface area contributed by atoms with Crippen molar-refractivity contribution in [3.8, 4) is 17.4 Å². The van der Waals surface area contributed by atoms with Crippen molar-refractivity contribution in [2.24, 2.45) is 0 Å². The molecule has 0 aliphatic heterocycles. The molecule has 0 unspecified atom stereocenters. The zero-order valence-corrected chi connectivity index (χ0v) is 27.1. The van der Waals surface area contributed by atoms with Crippen molar-refractivity contribution in [2.45, 2.75) is 19.6 Å². The van der Waals surface area contributed by atoms with Gasteiger partial charge in [-0.25, -0.2) is 0 Å². The monoisotopic (exact) mass is 611 g/mol. The zero-order valence-electron chi connectivity index (χ0n) is 25.3. The number of nitriles is 1. The van der Waals surface area contributed by atoms with Gasteiger partial charge in [0.1, 0.15) is 0 Å². The highest BCUT2D eigenvalue weighted by Crippen LogP contribution is 2.40. The number of nitrogens with zero attached hydrogens (tertiary/aromatic N) is 3. The maximum absolute atomic E-state index is 9.58. The highest BCUT2D eigenvalue weighted by molar-refractivity contribution is 7.25. The van der Waals surface area contributed by atoms with Crippen LogP contribution in [0.2, 0.25) is 19.6 Å². The van der Waals surface area contributed by atoms with Crippen molar-refractivity contribution < 1.29 is 0 Å². The molecule has 0 bridgehead atoms. The molecule has 0 aliphatic rings. The second-order valence-electron chi connectivity index (χ2n) is 13.0. The molecule has 0 aliphatic carbocycles. The Morgan fingerprint density at radius 3 is 1.58 bits per heavy atom. The minimum Gasteiger partial charge on any atom is -0.309 e. The molecule has 3 nitrogen and oxygen atoms in total. The average molecular weight is 612 g/mol. The van der Waals surface area contributed by atoms with Crippen LogP contribution in [0, 0.1) is 11.3 Å². The smallest absolute Gasteiger partial charge is 0.0991 e. The third kappa shape index (κ3) is 3.86. The van der Waals surface area contributed by atoms with Gasteiger partial charge in [0.25, 0.3) is 0 Å². The summed E-state index contributed by atoms with van der Waals surface area (Å²) in [6, 6.07) is 46.5. The van der Waals surface area contributed by atoms with E-state index in [1.807, 2.05) is 23.5 Å². The number of hydrogen-bond acceptors (Lipinski definition) is 2. The minimum absolute atomic E-state index is 0.680. The molecule has 0 radical (unpaired) electrons. The lowest BCUT2D eigenvalue weighted by Crippen LogP contribution is -2.37. The fourth-order valence-corrected chi connectivity index (χ4v) is 9.30. The first kappa shape index (κ1) is 26.3. The lowest BCUT2D eigenvalue weighted by Gasteiger charge is -2.17. The molecule has 0 spiro atoms. The number of fused-ring (bicyclic) bond motifs is 9. The van der Waals surface area contributed by atoms with Gasteiger partial charge in [0.2, 0.25) is 0 Å². The van der Waals surface area contributed by atoms with Gasteiger partial charge in [-0.3, -0.25) is 0 Å². The summed E-state index contributed by atoms with van der Waals surface area (Å²) < 4.78 is 7.33. The summed E-state index contributed by atoms with van der Waals surface area (Å²) in [5.41, 5.74) is 7.73. The molecule has 0 saturated heterocycles. The second-order valence-corrected chi connectivity index (χ2v) is 19.2. The second kappa shape index (κ2) is 9.42. The van der Waals surface area contributed by atoms with Gasteiger partial charge in [0, 0.05) is 53.1 Å². The maximum Gasteiger partial charge on any atom is 0.0991 e. The number of hydrogen-bond donors (Lipinski definition) is 0. The van der Waals surface area contributed by atoms with Gasteiger partial charge < -0.3 is 9.13 Å². The summed E-state index contributed by atoms with van der Waals surface area (Å²) in [5.74, 6) is 0. The predicted octanol–water partition coefficient (Wildman–Crippen LogP) is 10.7. The molecule has 6 aromatic carbocycles. The molecule has 3 heterocycles. The van der Waals surface area contributed by atoms with E-state index in [1.165, 1.54) is 52.9 Å². The Kier molecular flexibility index (Phi) is 5.50. The van der Waals surface area contributed by atoms with E-state index < -0.39 is 8.07 Å². The average Bonchev–Trinajstić information content (AvgIpc) is 3.70. The van der Waals surface area contributed by atoms with Gasteiger partial charge in [0.05, 0.1) is 41.8 Å². The Balaban J connectivity index is 1.28. The van der Waals surface area contributed by atoms with Gasteiger partial charge in [-0.2, -0.15) is 5.26 Å². The summed E-state index contributed by atoms with van der Waals surface area (Å²) in [6.45, 7) is 7.25. The summed E-state index contributed by atoms with van der Waals surface area (Å²) in [4.78, 5) is 0. The normalized spacial score (nSPS) is 12.3. The molecule has 0 fully saturated rings. The molecule has 0 saturated carbocycles. The number of thiophene rings is 1. The van der Waals surface area contributed by atoms with Crippen LogP contribution < -0.4 is 5.19 Å². The molecule has 5 heteroatoms. The molecule has 3 aromatic heterocycles. The largest absolute Gasteiger partial charge is 0.309 e. The molecule has 214 valence electrons. The van der Waals surface area contributed by atoms with E-state index in [0.717, 1.165) is 27.5 Å². The van der Waals surface area contributed by atoms with E-state index in [9.17, 15) is 5.26 Å². The van der Waals surface area contributed by atoms with Crippen LogP contribution in [-0.2, 0) is 0 Å². The van der Waals surface area contributed by atoms with Crippen LogP contribution in [0.1, 0.15) is 5.56 Å². The lowest BCUT2D eigenvalue weighted by molar-refractivity contribution is 1.18. The molecule has 45 heavy (non-hydrogen) atoms. The molecule has 9 aromatic rings. The molecule has 0 atom stereocenters. The first-order valence-corrected chi connectivity index (χ1v) is 19.6. The predicted molar refractivity (Wildman–Crippen MR) is 196 cm³/mol. The fraction of sp³-hybridized carbons (Fsp3) is 0.0750. The summed E-state index contributed by atoms with van der Waals surface area (Å²) in [5, 5.41) is 18.5. The zero-order chi connectivity index (χ0) is 30.4. The van der Waals surface area contributed by atoms with Crippen LogP contribution in [0.4, 0.5) is 0 Å². The Bertz CT molecular complexity index is 2710. The van der Waals surface area contributed by atoms with Gasteiger partial charge in [-0.15, -0.1) is 11.3 Å². The van der Waals surface area contributed by atoms with Crippen LogP contribution in [0.15, 0.2) is 121 Å². The van der Waals surface area contributed by atoms with Crippen molar-refractivity contribution in [2.75, 3.05) is 0 Å². The van der Waals surface area contributed by atoms with Crippen molar-refractivity contribution in [3.05, 3.63) is 127 Å². The fourth-order valence-electron chi connectivity index (χ4n) is 7.07. The Morgan fingerprint density at radius 1 is 0.511 bits per heavy atom. The van der Waals surface area contributed by atoms with Crippen molar-refractivity contribution in [3.63, 3.8) is 0 Å². The quantitative estimate of drug-likeness (QED) is 0.183. The van der Waals surface area contributed by atoms with Crippen LogP contribution >= 0.6 is 11.3 Å². The standard InChI is InChI=1S/C40H29N3SSi/c1-45(2,3)28-15-17-38-32(23-28)30-9-5-7-11-36(30)43(38)27-14-19-40-34(22-27)33-21-26(13-18-39(33)44-40)42-35-10-6-4-8-29(35)31-20-25(24-41)12-16-37(31)42/h4-23H,1-3H3. The van der Waals surface area contributed by atoms with E-state index >= 15 is 0 Å². The SMILES string of the molecule is C[Si](C)(C)c1ccc2c(c1)c1ccccc1n2-c1ccc2sc3ccc(-n4c5ccccc5c5cc(C#N)ccc54)cc3c2c1. The van der Waals surface area contributed by atoms with Crippen molar-refractivity contribution >= 4 is 88.4 Å². The van der Waals surface area contributed by atoms with Crippen molar-refractivity contribution in [1.82, 2.24) is 9.13 Å². The Morgan fingerprint density at radius 2 is 1.02 bits per heavy atom. The highest BCUT2D eigenvalue weighted by atomic mass is 32.1. The lowest BCUT2D eigenvalue weighted by atomic mass is 10.1. The highest BCUT2D eigenvalue weighted by Gasteiger charge is 2.20. The maximum atomic E-state index is 9.58. The van der Waals surface area contributed by atoms with Crippen LogP contribution in [0.3, 0.4) is 0 Å². The first-order valence-electron chi connectivity index (χ1n) is 15.3.